The lowest BCUT2D eigenvalue weighted by Gasteiger charge is -2.44. The van der Waals surface area contributed by atoms with Gasteiger partial charge in [0.25, 0.3) is 0 Å². The van der Waals surface area contributed by atoms with Crippen LogP contribution in [0.5, 0.6) is 0 Å². The molecule has 0 aromatic rings. The lowest BCUT2D eigenvalue weighted by molar-refractivity contribution is -0.151. The molecule has 24 heavy (non-hydrogen) atoms. The van der Waals surface area contributed by atoms with E-state index in [1.807, 2.05) is 6.92 Å². The Balaban J connectivity index is 2.51. The molecule has 1 heterocycles. The fourth-order valence-corrected chi connectivity index (χ4v) is 3.58. The quantitative estimate of drug-likeness (QED) is 0.689. The number of carboxylic acids is 2. The van der Waals surface area contributed by atoms with Gasteiger partial charge in [-0.3, -0.25) is 9.59 Å². The molecule has 2 rings (SSSR count). The van der Waals surface area contributed by atoms with Gasteiger partial charge >= 0.3 is 11.9 Å². The highest BCUT2D eigenvalue weighted by molar-refractivity contribution is 6.07. The number of nitrogens with one attached hydrogen (secondary N) is 1. The number of fused-ring (bicyclic) bond motifs is 1. The highest BCUT2D eigenvalue weighted by Gasteiger charge is 2.53. The van der Waals surface area contributed by atoms with Crippen molar-refractivity contribution in [2.45, 2.75) is 58.4 Å². The van der Waals surface area contributed by atoms with Crippen molar-refractivity contribution in [2.75, 3.05) is 0 Å². The molecule has 0 saturated carbocycles. The van der Waals surface area contributed by atoms with E-state index in [0.29, 0.717) is 17.7 Å². The Morgan fingerprint density at radius 3 is 2.46 bits per heavy atom. The van der Waals surface area contributed by atoms with Crippen molar-refractivity contribution >= 4 is 17.7 Å². The molecule has 2 aliphatic rings. The number of hydrogen-bond acceptors (Lipinski definition) is 4. The predicted molar refractivity (Wildman–Crippen MR) is 88.3 cm³/mol. The van der Waals surface area contributed by atoms with Crippen LogP contribution in [0.2, 0.25) is 0 Å². The van der Waals surface area contributed by atoms with Crippen LogP contribution in [-0.4, -0.2) is 33.5 Å². The van der Waals surface area contributed by atoms with Gasteiger partial charge in [0, 0.05) is 11.3 Å². The summed E-state index contributed by atoms with van der Waals surface area (Å²) in [6, 6.07) is 0. The van der Waals surface area contributed by atoms with Gasteiger partial charge in [0.1, 0.15) is 5.54 Å². The largest absolute Gasteiger partial charge is 0.481 e. The molecule has 3 unspecified atom stereocenters. The van der Waals surface area contributed by atoms with Gasteiger partial charge in [-0.05, 0) is 32.3 Å². The van der Waals surface area contributed by atoms with Crippen molar-refractivity contribution in [1.29, 1.82) is 0 Å². The SMILES string of the molecule is CCCCC1C(=O)C2=CCC(C)(C(=O)O)C=C2NC1(CC)C(=O)O. The molecular formula is C18H25NO5. The maximum Gasteiger partial charge on any atom is 0.330 e. The first-order valence-electron chi connectivity index (χ1n) is 8.44. The minimum absolute atomic E-state index is 0.190. The smallest absolute Gasteiger partial charge is 0.330 e. The monoisotopic (exact) mass is 335 g/mol. The Labute approximate surface area is 141 Å². The first-order valence-corrected chi connectivity index (χ1v) is 8.44. The van der Waals surface area contributed by atoms with Crippen LogP contribution in [0.15, 0.2) is 23.4 Å². The van der Waals surface area contributed by atoms with Gasteiger partial charge in [0.05, 0.1) is 11.3 Å². The van der Waals surface area contributed by atoms with E-state index in [2.05, 4.69) is 5.32 Å². The minimum atomic E-state index is -1.38. The van der Waals surface area contributed by atoms with Crippen LogP contribution >= 0.6 is 0 Å². The summed E-state index contributed by atoms with van der Waals surface area (Å²) in [5, 5.41) is 22.3. The average molecular weight is 335 g/mol. The number of carboxylic acid groups (broad SMARTS) is 2. The molecule has 0 amide bonds. The number of allylic oxidation sites excluding steroid dienone is 2. The molecule has 1 fully saturated rings. The van der Waals surface area contributed by atoms with E-state index >= 15 is 0 Å². The molecule has 0 aromatic carbocycles. The van der Waals surface area contributed by atoms with Crippen molar-refractivity contribution in [3.63, 3.8) is 0 Å². The van der Waals surface area contributed by atoms with Crippen molar-refractivity contribution in [1.82, 2.24) is 5.32 Å². The maximum absolute atomic E-state index is 13.0. The lowest BCUT2D eigenvalue weighted by atomic mass is 9.68. The third kappa shape index (κ3) is 2.74. The molecule has 3 N–H and O–H groups in total. The van der Waals surface area contributed by atoms with E-state index in [9.17, 15) is 24.6 Å². The van der Waals surface area contributed by atoms with Crippen LogP contribution in [0.3, 0.4) is 0 Å². The van der Waals surface area contributed by atoms with E-state index in [0.717, 1.165) is 12.8 Å². The average Bonchev–Trinajstić information content (AvgIpc) is 2.53. The molecule has 6 nitrogen and oxygen atoms in total. The number of ketones is 1. The summed E-state index contributed by atoms with van der Waals surface area (Å²) in [7, 11) is 0. The summed E-state index contributed by atoms with van der Waals surface area (Å²) in [5.74, 6) is -2.89. The van der Waals surface area contributed by atoms with Crippen LogP contribution < -0.4 is 5.32 Å². The third-order valence-electron chi connectivity index (χ3n) is 5.29. The first-order chi connectivity index (χ1) is 11.2. The Bertz CT molecular complexity index is 635. The highest BCUT2D eigenvalue weighted by Crippen LogP contribution is 2.42. The second-order valence-electron chi connectivity index (χ2n) is 6.92. The molecule has 1 saturated heterocycles. The Hall–Kier alpha value is -2.11. The number of Topliss-reactive ketones (excluding diaryl/α,β-unsaturated/α-hetero) is 1. The molecule has 0 spiro atoms. The Kier molecular flexibility index (Phi) is 4.87. The van der Waals surface area contributed by atoms with Gasteiger partial charge in [0.15, 0.2) is 5.78 Å². The summed E-state index contributed by atoms with van der Waals surface area (Å²) >= 11 is 0. The molecular weight excluding hydrogens is 310 g/mol. The zero-order chi connectivity index (χ0) is 18.1. The molecule has 3 atom stereocenters. The number of piperidine rings is 1. The van der Waals surface area contributed by atoms with Gasteiger partial charge in [0.2, 0.25) is 0 Å². The van der Waals surface area contributed by atoms with Crippen molar-refractivity contribution in [3.05, 3.63) is 23.4 Å². The number of unbranched alkanes of at least 4 members (excludes halogenated alkanes) is 1. The Morgan fingerprint density at radius 2 is 1.96 bits per heavy atom. The molecule has 132 valence electrons. The number of aliphatic carboxylic acids is 2. The first kappa shape index (κ1) is 18.2. The number of rotatable bonds is 6. The molecule has 0 bridgehead atoms. The van der Waals surface area contributed by atoms with Gasteiger partial charge in [-0.25, -0.2) is 4.79 Å². The van der Waals surface area contributed by atoms with Gasteiger partial charge < -0.3 is 15.5 Å². The fraction of sp³-hybridized carbons (Fsp3) is 0.611. The van der Waals surface area contributed by atoms with E-state index in [1.165, 1.54) is 6.08 Å². The molecule has 6 heteroatoms. The van der Waals surface area contributed by atoms with Gasteiger partial charge in [-0.1, -0.05) is 32.8 Å². The van der Waals surface area contributed by atoms with Crippen LogP contribution in [0.1, 0.15) is 52.9 Å². The van der Waals surface area contributed by atoms with E-state index < -0.39 is 28.8 Å². The van der Waals surface area contributed by atoms with Crippen LogP contribution in [0.25, 0.3) is 0 Å². The van der Waals surface area contributed by atoms with Crippen molar-refractivity contribution in [2.24, 2.45) is 11.3 Å². The standard InChI is InChI=1S/C18H25NO5/c1-4-6-7-12-14(20)11-8-9-17(3,15(21)22)10-13(11)19-18(12,5-2)16(23)24/h8,10,12,19H,4-7,9H2,1-3H3,(H,21,22)(H,23,24). The highest BCUT2D eigenvalue weighted by atomic mass is 16.4. The normalized spacial score (nSPS) is 32.3. The fourth-order valence-electron chi connectivity index (χ4n) is 3.58. The van der Waals surface area contributed by atoms with E-state index in [4.69, 9.17) is 0 Å². The topological polar surface area (TPSA) is 104 Å². The van der Waals surface area contributed by atoms with Gasteiger partial charge in [-0.2, -0.15) is 0 Å². The molecule has 1 aliphatic carbocycles. The lowest BCUT2D eigenvalue weighted by Crippen LogP contribution is -2.63. The second-order valence-corrected chi connectivity index (χ2v) is 6.92. The van der Waals surface area contributed by atoms with Crippen LogP contribution in [0, 0.1) is 11.3 Å². The summed E-state index contributed by atoms with van der Waals surface area (Å²) in [4.78, 5) is 36.5. The van der Waals surface area contributed by atoms with Crippen LogP contribution in [0.4, 0.5) is 0 Å². The molecule has 1 aliphatic heterocycles. The zero-order valence-electron chi connectivity index (χ0n) is 14.4. The van der Waals surface area contributed by atoms with Crippen LogP contribution in [-0.2, 0) is 14.4 Å². The van der Waals surface area contributed by atoms with Crippen molar-refractivity contribution in [3.8, 4) is 0 Å². The van der Waals surface area contributed by atoms with Gasteiger partial charge in [-0.15, -0.1) is 0 Å². The summed E-state index contributed by atoms with van der Waals surface area (Å²) < 4.78 is 0. The second kappa shape index (κ2) is 6.42. The van der Waals surface area contributed by atoms with Crippen molar-refractivity contribution < 1.29 is 24.6 Å². The maximum atomic E-state index is 13.0. The van der Waals surface area contributed by atoms with E-state index in [1.54, 1.807) is 19.9 Å². The predicted octanol–water partition coefficient (Wildman–Crippen LogP) is 2.50. The minimum Gasteiger partial charge on any atom is -0.481 e. The zero-order valence-corrected chi connectivity index (χ0v) is 14.4. The van der Waals surface area contributed by atoms with E-state index in [-0.39, 0.29) is 18.6 Å². The third-order valence-corrected chi connectivity index (χ3v) is 5.29. The number of hydrogen-bond donors (Lipinski definition) is 3. The number of carbonyl (C=O) groups excluding carboxylic acids is 1. The number of carbonyl (C=O) groups is 3. The Morgan fingerprint density at radius 1 is 1.29 bits per heavy atom. The molecule has 0 aromatic heterocycles. The summed E-state index contributed by atoms with van der Waals surface area (Å²) in [6.07, 6.45) is 5.75. The molecule has 0 radical (unpaired) electrons. The summed E-state index contributed by atoms with van der Waals surface area (Å²) in [6.45, 7) is 5.31. The summed E-state index contributed by atoms with van der Waals surface area (Å²) in [5.41, 5.74) is -1.75.